The van der Waals surface area contributed by atoms with E-state index in [1.54, 1.807) is 0 Å². The van der Waals surface area contributed by atoms with Gasteiger partial charge < -0.3 is 10.1 Å². The largest absolute Gasteiger partial charge is 0.379 e. The number of hydrogen-bond donors (Lipinski definition) is 1. The zero-order valence-electron chi connectivity index (χ0n) is 12.6. The average molecular weight is 296 g/mol. The monoisotopic (exact) mass is 295 g/mol. The summed E-state index contributed by atoms with van der Waals surface area (Å²) in [4.78, 5) is 0. The maximum Gasteiger partial charge on any atom is 0.0794 e. The number of nitrogens with one attached hydrogen (secondary N) is 1. The van der Waals surface area contributed by atoms with Crippen molar-refractivity contribution in [3.8, 4) is 0 Å². The molecule has 1 fully saturated rings. The Morgan fingerprint density at radius 3 is 2.40 bits per heavy atom. The van der Waals surface area contributed by atoms with Crippen LogP contribution in [0.2, 0.25) is 5.02 Å². The Hall–Kier alpha value is -0.570. The van der Waals surface area contributed by atoms with Crippen LogP contribution in [0.15, 0.2) is 24.3 Å². The summed E-state index contributed by atoms with van der Waals surface area (Å²) < 4.78 is 5.89. The lowest BCUT2D eigenvalue weighted by Crippen LogP contribution is -2.39. The zero-order chi connectivity index (χ0) is 14.4. The summed E-state index contributed by atoms with van der Waals surface area (Å²) in [6.45, 7) is 3.09. The van der Waals surface area contributed by atoms with Crippen LogP contribution in [-0.2, 0) is 4.74 Å². The molecule has 2 unspecified atom stereocenters. The van der Waals surface area contributed by atoms with Gasteiger partial charge in [-0.3, -0.25) is 0 Å². The molecule has 3 heteroatoms. The van der Waals surface area contributed by atoms with E-state index in [-0.39, 0.29) is 12.1 Å². The molecule has 0 heterocycles. The lowest BCUT2D eigenvalue weighted by Gasteiger charge is -2.35. The van der Waals surface area contributed by atoms with Crippen molar-refractivity contribution < 1.29 is 4.74 Å². The third-order valence-corrected chi connectivity index (χ3v) is 4.62. The minimum absolute atomic E-state index is 0.247. The predicted molar refractivity (Wildman–Crippen MR) is 85.2 cm³/mol. The molecule has 1 aromatic rings. The molecule has 0 radical (unpaired) electrons. The van der Waals surface area contributed by atoms with E-state index in [1.807, 2.05) is 19.2 Å². The highest BCUT2D eigenvalue weighted by Crippen LogP contribution is 2.34. The van der Waals surface area contributed by atoms with Gasteiger partial charge in [-0.15, -0.1) is 0 Å². The van der Waals surface area contributed by atoms with Gasteiger partial charge in [-0.05, 0) is 43.0 Å². The number of methoxy groups -OCH3 is 1. The summed E-state index contributed by atoms with van der Waals surface area (Å²) in [7, 11) is 1.85. The SMILES string of the molecule is CCNC(c1ccc(Cl)cc1)C(OC)C1CCCCC1. The van der Waals surface area contributed by atoms with Crippen molar-refractivity contribution >= 4 is 11.6 Å². The summed E-state index contributed by atoms with van der Waals surface area (Å²) in [5.41, 5.74) is 1.27. The molecule has 1 aliphatic rings. The Morgan fingerprint density at radius 2 is 1.85 bits per heavy atom. The molecule has 1 aliphatic carbocycles. The Labute approximate surface area is 127 Å². The molecule has 20 heavy (non-hydrogen) atoms. The van der Waals surface area contributed by atoms with Crippen LogP contribution in [0, 0.1) is 5.92 Å². The van der Waals surface area contributed by atoms with Crippen molar-refractivity contribution in [2.75, 3.05) is 13.7 Å². The number of rotatable bonds is 6. The van der Waals surface area contributed by atoms with Crippen molar-refractivity contribution in [3.05, 3.63) is 34.9 Å². The van der Waals surface area contributed by atoms with E-state index in [4.69, 9.17) is 16.3 Å². The number of ether oxygens (including phenoxy) is 1. The number of benzene rings is 1. The summed E-state index contributed by atoms with van der Waals surface area (Å²) in [6.07, 6.45) is 6.87. The van der Waals surface area contributed by atoms with E-state index >= 15 is 0 Å². The fourth-order valence-electron chi connectivity index (χ4n) is 3.38. The Bertz CT molecular complexity index is 386. The molecule has 0 spiro atoms. The molecule has 0 aromatic heterocycles. The van der Waals surface area contributed by atoms with Gasteiger partial charge in [0.2, 0.25) is 0 Å². The topological polar surface area (TPSA) is 21.3 Å². The van der Waals surface area contributed by atoms with E-state index in [0.29, 0.717) is 5.92 Å². The van der Waals surface area contributed by atoms with Gasteiger partial charge in [0.15, 0.2) is 0 Å². The van der Waals surface area contributed by atoms with Crippen molar-refractivity contribution in [2.45, 2.75) is 51.2 Å². The van der Waals surface area contributed by atoms with E-state index < -0.39 is 0 Å². The number of likely N-dealkylation sites (N-methyl/N-ethyl adjacent to an activating group) is 1. The summed E-state index contributed by atoms with van der Waals surface area (Å²) in [6, 6.07) is 8.42. The second-order valence-corrected chi connectivity index (χ2v) is 6.12. The quantitative estimate of drug-likeness (QED) is 0.829. The molecule has 0 amide bonds. The van der Waals surface area contributed by atoms with E-state index in [9.17, 15) is 0 Å². The van der Waals surface area contributed by atoms with Crippen molar-refractivity contribution in [3.63, 3.8) is 0 Å². The molecule has 2 atom stereocenters. The molecule has 0 aliphatic heterocycles. The third-order valence-electron chi connectivity index (χ3n) is 4.37. The molecular weight excluding hydrogens is 270 g/mol. The van der Waals surface area contributed by atoms with Crippen LogP contribution in [0.5, 0.6) is 0 Å². The Morgan fingerprint density at radius 1 is 1.20 bits per heavy atom. The fourth-order valence-corrected chi connectivity index (χ4v) is 3.50. The number of hydrogen-bond acceptors (Lipinski definition) is 2. The van der Waals surface area contributed by atoms with Gasteiger partial charge in [0.25, 0.3) is 0 Å². The van der Waals surface area contributed by atoms with Crippen LogP contribution in [0.1, 0.15) is 50.6 Å². The van der Waals surface area contributed by atoms with Crippen LogP contribution in [0.3, 0.4) is 0 Å². The predicted octanol–water partition coefficient (Wildman–Crippen LogP) is 4.59. The van der Waals surface area contributed by atoms with Gasteiger partial charge in [-0.2, -0.15) is 0 Å². The highest BCUT2D eigenvalue weighted by Gasteiger charge is 2.31. The van der Waals surface area contributed by atoms with Gasteiger partial charge in [0, 0.05) is 12.1 Å². The Balaban J connectivity index is 2.17. The second-order valence-electron chi connectivity index (χ2n) is 5.69. The van der Waals surface area contributed by atoms with Crippen molar-refractivity contribution in [2.24, 2.45) is 5.92 Å². The van der Waals surface area contributed by atoms with Crippen LogP contribution in [0.4, 0.5) is 0 Å². The first kappa shape index (κ1) is 15.8. The molecule has 1 aromatic carbocycles. The maximum absolute atomic E-state index is 6.00. The minimum atomic E-state index is 0.247. The molecule has 2 nitrogen and oxygen atoms in total. The molecule has 1 N–H and O–H groups in total. The first-order valence-corrected chi connectivity index (χ1v) is 8.15. The van der Waals surface area contributed by atoms with Crippen LogP contribution in [-0.4, -0.2) is 19.8 Å². The first-order valence-electron chi connectivity index (χ1n) is 7.78. The van der Waals surface area contributed by atoms with Gasteiger partial charge in [-0.25, -0.2) is 0 Å². The van der Waals surface area contributed by atoms with Gasteiger partial charge in [-0.1, -0.05) is 49.9 Å². The highest BCUT2D eigenvalue weighted by atomic mass is 35.5. The maximum atomic E-state index is 6.00. The highest BCUT2D eigenvalue weighted by molar-refractivity contribution is 6.30. The average Bonchev–Trinajstić information content (AvgIpc) is 2.49. The second kappa shape index (κ2) is 8.02. The number of halogens is 1. The summed E-state index contributed by atoms with van der Waals surface area (Å²) >= 11 is 6.00. The van der Waals surface area contributed by atoms with E-state index in [1.165, 1.54) is 37.7 Å². The molecule has 0 bridgehead atoms. The van der Waals surface area contributed by atoms with Crippen molar-refractivity contribution in [1.82, 2.24) is 5.32 Å². The first-order chi connectivity index (χ1) is 9.76. The molecular formula is C17H26ClNO. The van der Waals surface area contributed by atoms with Gasteiger partial charge >= 0.3 is 0 Å². The van der Waals surface area contributed by atoms with Crippen LogP contribution < -0.4 is 5.32 Å². The fraction of sp³-hybridized carbons (Fsp3) is 0.647. The summed E-state index contributed by atoms with van der Waals surface area (Å²) in [5.74, 6) is 0.661. The zero-order valence-corrected chi connectivity index (χ0v) is 13.3. The standard InChI is InChI=1S/C17H26ClNO/c1-3-19-16(13-9-11-15(18)12-10-13)17(20-2)14-7-5-4-6-8-14/h9-12,14,16-17,19H,3-8H2,1-2H3. The molecule has 0 saturated heterocycles. The summed E-state index contributed by atoms with van der Waals surface area (Å²) in [5, 5.41) is 4.39. The van der Waals surface area contributed by atoms with Crippen LogP contribution >= 0.6 is 11.6 Å². The van der Waals surface area contributed by atoms with E-state index in [0.717, 1.165) is 11.6 Å². The smallest absolute Gasteiger partial charge is 0.0794 e. The van der Waals surface area contributed by atoms with Crippen molar-refractivity contribution in [1.29, 1.82) is 0 Å². The van der Waals surface area contributed by atoms with Gasteiger partial charge in [0.05, 0.1) is 12.1 Å². The third kappa shape index (κ3) is 3.97. The molecule has 1 saturated carbocycles. The van der Waals surface area contributed by atoms with E-state index in [2.05, 4.69) is 24.4 Å². The van der Waals surface area contributed by atoms with Crippen LogP contribution in [0.25, 0.3) is 0 Å². The molecule has 112 valence electrons. The molecule has 2 rings (SSSR count). The lowest BCUT2D eigenvalue weighted by atomic mass is 9.81. The normalized spacial score (nSPS) is 19.8. The van der Waals surface area contributed by atoms with Gasteiger partial charge in [0.1, 0.15) is 0 Å². The minimum Gasteiger partial charge on any atom is -0.379 e. The Kier molecular flexibility index (Phi) is 6.34. The lowest BCUT2D eigenvalue weighted by molar-refractivity contribution is 0.00792.